The number of pyridine rings is 1. The number of para-hydroxylation sites is 1. The number of carbonyl (C=O) groups excluding carboxylic acids is 1. The Morgan fingerprint density at radius 2 is 2.16 bits per heavy atom. The first-order valence-electron chi connectivity index (χ1n) is 5.87. The Morgan fingerprint density at radius 1 is 1.37 bits per heavy atom. The van der Waals surface area contributed by atoms with Crippen LogP contribution >= 0.6 is 11.6 Å². The van der Waals surface area contributed by atoms with Crippen molar-refractivity contribution >= 4 is 23.2 Å². The van der Waals surface area contributed by atoms with Crippen molar-refractivity contribution in [3.63, 3.8) is 0 Å². The van der Waals surface area contributed by atoms with E-state index in [4.69, 9.17) is 11.6 Å². The van der Waals surface area contributed by atoms with E-state index < -0.39 is 5.82 Å². The number of carbonyl (C=O) groups is 1. The zero-order valence-electron chi connectivity index (χ0n) is 9.94. The van der Waals surface area contributed by atoms with Crippen LogP contribution in [-0.4, -0.2) is 17.4 Å². The minimum atomic E-state index is -0.569. The van der Waals surface area contributed by atoms with Crippen molar-refractivity contribution in [2.45, 2.75) is 6.42 Å². The van der Waals surface area contributed by atoms with E-state index >= 15 is 0 Å². The second kappa shape index (κ2) is 4.63. The van der Waals surface area contributed by atoms with Gasteiger partial charge < -0.3 is 4.90 Å². The summed E-state index contributed by atoms with van der Waals surface area (Å²) in [6.07, 6.45) is 1.79. The molecule has 2 heterocycles. The van der Waals surface area contributed by atoms with Crippen LogP contribution in [0, 0.1) is 5.82 Å². The Balaban J connectivity index is 2.00. The molecule has 1 aliphatic heterocycles. The molecule has 2 aromatic rings. The second-order valence-corrected chi connectivity index (χ2v) is 4.69. The number of aromatic nitrogens is 1. The lowest BCUT2D eigenvalue weighted by molar-refractivity contribution is 0.0988. The van der Waals surface area contributed by atoms with E-state index in [0.717, 1.165) is 29.9 Å². The Morgan fingerprint density at radius 3 is 3.00 bits per heavy atom. The molecule has 19 heavy (non-hydrogen) atoms. The number of benzene rings is 1. The summed E-state index contributed by atoms with van der Waals surface area (Å²) in [5.74, 6) is -0.887. The molecule has 0 fully saturated rings. The number of nitrogens with zero attached hydrogens (tertiary/aromatic N) is 2. The zero-order chi connectivity index (χ0) is 13.4. The number of rotatable bonds is 1. The quantitative estimate of drug-likeness (QED) is 0.750. The molecule has 0 unspecified atom stereocenters. The lowest BCUT2D eigenvalue weighted by Crippen LogP contribution is -2.29. The van der Waals surface area contributed by atoms with Gasteiger partial charge in [-0.1, -0.05) is 29.8 Å². The number of fused-ring (bicyclic) bond motifs is 1. The van der Waals surface area contributed by atoms with Gasteiger partial charge in [0.25, 0.3) is 5.91 Å². The lowest BCUT2D eigenvalue weighted by Gasteiger charge is -2.17. The summed E-state index contributed by atoms with van der Waals surface area (Å²) in [5, 5.41) is 0.0239. The number of halogens is 2. The Kier molecular flexibility index (Phi) is 2.95. The van der Waals surface area contributed by atoms with Gasteiger partial charge in [0, 0.05) is 12.2 Å². The topological polar surface area (TPSA) is 33.2 Å². The summed E-state index contributed by atoms with van der Waals surface area (Å²) in [6, 6.07) is 8.78. The maximum Gasteiger partial charge on any atom is 0.261 e. The predicted octanol–water partition coefficient (Wildman–Crippen LogP) is 3.08. The number of hydrogen-bond donors (Lipinski definition) is 0. The van der Waals surface area contributed by atoms with Gasteiger partial charge in [-0.15, -0.1) is 0 Å². The van der Waals surface area contributed by atoms with Crippen molar-refractivity contribution in [1.29, 1.82) is 0 Å². The molecule has 1 amide bonds. The van der Waals surface area contributed by atoms with Crippen LogP contribution in [0.4, 0.5) is 10.1 Å². The average Bonchev–Trinajstić information content (AvgIpc) is 2.84. The van der Waals surface area contributed by atoms with E-state index in [1.165, 1.54) is 0 Å². The highest BCUT2D eigenvalue weighted by Gasteiger charge is 2.27. The van der Waals surface area contributed by atoms with Crippen LogP contribution in [0.15, 0.2) is 36.5 Å². The van der Waals surface area contributed by atoms with Gasteiger partial charge in [-0.2, -0.15) is 0 Å². The first-order chi connectivity index (χ1) is 9.16. The van der Waals surface area contributed by atoms with Gasteiger partial charge in [-0.3, -0.25) is 4.79 Å². The average molecular weight is 277 g/mol. The van der Waals surface area contributed by atoms with E-state index in [1.54, 1.807) is 4.90 Å². The van der Waals surface area contributed by atoms with Crippen LogP contribution in [0.25, 0.3) is 0 Å². The first kappa shape index (κ1) is 12.1. The second-order valence-electron chi connectivity index (χ2n) is 4.33. The monoisotopic (exact) mass is 276 g/mol. The normalized spacial score (nSPS) is 13.5. The van der Waals surface area contributed by atoms with Gasteiger partial charge in [0.15, 0.2) is 0 Å². The fourth-order valence-corrected chi connectivity index (χ4v) is 2.45. The highest BCUT2D eigenvalue weighted by Crippen LogP contribution is 2.29. The third kappa shape index (κ3) is 2.08. The summed E-state index contributed by atoms with van der Waals surface area (Å²) in [7, 11) is 0. The highest BCUT2D eigenvalue weighted by atomic mass is 35.5. The van der Waals surface area contributed by atoms with Gasteiger partial charge >= 0.3 is 0 Å². The van der Waals surface area contributed by atoms with Crippen molar-refractivity contribution in [2.75, 3.05) is 11.4 Å². The summed E-state index contributed by atoms with van der Waals surface area (Å²) in [6.45, 7) is 0.574. The van der Waals surface area contributed by atoms with E-state index in [9.17, 15) is 9.18 Å². The van der Waals surface area contributed by atoms with Crippen molar-refractivity contribution in [3.8, 4) is 0 Å². The molecule has 1 aromatic carbocycles. The van der Waals surface area contributed by atoms with E-state index in [-0.39, 0.29) is 16.6 Å². The van der Waals surface area contributed by atoms with Crippen LogP contribution in [-0.2, 0) is 6.42 Å². The molecule has 5 heteroatoms. The van der Waals surface area contributed by atoms with Crippen molar-refractivity contribution in [2.24, 2.45) is 0 Å². The van der Waals surface area contributed by atoms with Crippen LogP contribution in [0.5, 0.6) is 0 Å². The molecule has 0 N–H and O–H groups in total. The molecule has 0 radical (unpaired) electrons. The molecule has 0 saturated carbocycles. The van der Waals surface area contributed by atoms with Gasteiger partial charge in [0.2, 0.25) is 0 Å². The van der Waals surface area contributed by atoms with Gasteiger partial charge in [0.05, 0.1) is 11.8 Å². The van der Waals surface area contributed by atoms with Crippen LogP contribution in [0.2, 0.25) is 5.15 Å². The Bertz CT molecular complexity index is 660. The summed E-state index contributed by atoms with van der Waals surface area (Å²) < 4.78 is 13.2. The predicted molar refractivity (Wildman–Crippen MR) is 71.0 cm³/mol. The van der Waals surface area contributed by atoms with Crippen molar-refractivity contribution in [3.05, 3.63) is 58.6 Å². The molecule has 0 bridgehead atoms. The molecule has 1 aromatic heterocycles. The zero-order valence-corrected chi connectivity index (χ0v) is 10.7. The molecular weight excluding hydrogens is 267 g/mol. The smallest absolute Gasteiger partial charge is 0.261 e. The SMILES string of the molecule is O=C(c1cc(F)cnc1Cl)N1CCc2ccccc21. The van der Waals surface area contributed by atoms with Crippen molar-refractivity contribution < 1.29 is 9.18 Å². The maximum atomic E-state index is 13.2. The van der Waals surface area contributed by atoms with Gasteiger partial charge in [-0.05, 0) is 24.1 Å². The molecule has 0 atom stereocenters. The van der Waals surface area contributed by atoms with E-state index in [0.29, 0.717) is 6.54 Å². The molecule has 0 aliphatic carbocycles. The summed E-state index contributed by atoms with van der Waals surface area (Å²) >= 11 is 5.87. The van der Waals surface area contributed by atoms with Crippen LogP contribution in [0.1, 0.15) is 15.9 Å². The molecule has 1 aliphatic rings. The minimum absolute atomic E-state index is 0.0239. The molecule has 0 saturated heterocycles. The highest BCUT2D eigenvalue weighted by molar-refractivity contribution is 6.33. The Labute approximate surface area is 114 Å². The standard InChI is InChI=1S/C14H10ClFN2O/c15-13-11(7-10(16)8-17-13)14(19)18-6-5-9-3-1-2-4-12(9)18/h1-4,7-8H,5-6H2. The molecule has 3 rings (SSSR count). The third-order valence-corrected chi connectivity index (χ3v) is 3.47. The minimum Gasteiger partial charge on any atom is -0.308 e. The van der Waals surface area contributed by atoms with Crippen molar-refractivity contribution in [1.82, 2.24) is 4.98 Å². The summed E-state index contributed by atoms with van der Waals surface area (Å²) in [4.78, 5) is 17.7. The number of amides is 1. The van der Waals surface area contributed by atoms with Crippen LogP contribution < -0.4 is 4.90 Å². The fourth-order valence-electron chi connectivity index (χ4n) is 2.27. The van der Waals surface area contributed by atoms with E-state index in [2.05, 4.69) is 4.98 Å². The first-order valence-corrected chi connectivity index (χ1v) is 6.25. The Hall–Kier alpha value is -1.94. The summed E-state index contributed by atoms with van der Waals surface area (Å²) in [5.41, 5.74) is 2.06. The number of hydrogen-bond acceptors (Lipinski definition) is 2. The lowest BCUT2D eigenvalue weighted by atomic mass is 10.2. The molecular formula is C14H10ClFN2O. The molecule has 96 valence electrons. The largest absolute Gasteiger partial charge is 0.308 e. The fraction of sp³-hybridized carbons (Fsp3) is 0.143. The van der Waals surface area contributed by atoms with E-state index in [1.807, 2.05) is 24.3 Å². The van der Waals surface area contributed by atoms with Gasteiger partial charge in [-0.25, -0.2) is 9.37 Å². The molecule has 0 spiro atoms. The number of anilines is 1. The van der Waals surface area contributed by atoms with Gasteiger partial charge in [0.1, 0.15) is 11.0 Å². The third-order valence-electron chi connectivity index (χ3n) is 3.17. The van der Waals surface area contributed by atoms with Crippen LogP contribution in [0.3, 0.4) is 0 Å². The maximum absolute atomic E-state index is 13.2. The molecule has 3 nitrogen and oxygen atoms in total.